The summed E-state index contributed by atoms with van der Waals surface area (Å²) >= 11 is 0. The lowest BCUT2D eigenvalue weighted by molar-refractivity contribution is -0.139. The van der Waals surface area contributed by atoms with E-state index in [0.717, 1.165) is 0 Å². The van der Waals surface area contributed by atoms with Crippen LogP contribution in [-0.4, -0.2) is 57.6 Å². The molecule has 1 atom stereocenters. The number of aliphatic hydroxyl groups is 1. The summed E-state index contributed by atoms with van der Waals surface area (Å²) in [6.45, 7) is 4.32. The van der Waals surface area contributed by atoms with Crippen LogP contribution in [0.5, 0.6) is 0 Å². The molecule has 0 aliphatic rings. The number of hydrogen-bond donors (Lipinski definition) is 3. The Balaban J connectivity index is 3.75. The average Bonchev–Trinajstić information content (AvgIpc) is 2.15. The highest BCUT2D eigenvalue weighted by atomic mass is 32.2. The van der Waals surface area contributed by atoms with E-state index in [1.165, 1.54) is 0 Å². The van der Waals surface area contributed by atoms with Crippen molar-refractivity contribution in [2.75, 3.05) is 32.0 Å². The number of sulfonamides is 1. The van der Waals surface area contributed by atoms with Crippen molar-refractivity contribution in [3.8, 4) is 0 Å². The lowest BCUT2D eigenvalue weighted by Gasteiger charge is -2.08. The zero-order valence-electron chi connectivity index (χ0n) is 10.1. The van der Waals surface area contributed by atoms with Crippen molar-refractivity contribution < 1.29 is 23.1 Å². The molecule has 0 fully saturated rings. The Hall–Kier alpha value is -0.700. The van der Waals surface area contributed by atoms with Gasteiger partial charge in [0.25, 0.3) is 0 Å². The summed E-state index contributed by atoms with van der Waals surface area (Å²) < 4.78 is 29.4. The van der Waals surface area contributed by atoms with Crippen LogP contribution in [0.15, 0.2) is 0 Å². The maximum atomic E-state index is 11.3. The van der Waals surface area contributed by atoms with Crippen molar-refractivity contribution in [1.82, 2.24) is 10.0 Å². The van der Waals surface area contributed by atoms with Gasteiger partial charge in [-0.3, -0.25) is 4.79 Å². The molecule has 0 amide bonds. The second-order valence-electron chi connectivity index (χ2n) is 3.51. The van der Waals surface area contributed by atoms with Gasteiger partial charge in [0.05, 0.1) is 12.7 Å². The fraction of sp³-hybridized carbons (Fsp3) is 0.889. The van der Waals surface area contributed by atoms with E-state index in [1.807, 2.05) is 0 Å². The topological polar surface area (TPSA) is 105 Å². The van der Waals surface area contributed by atoms with E-state index in [2.05, 4.69) is 14.8 Å². The number of carbonyl (C=O) groups is 1. The van der Waals surface area contributed by atoms with Gasteiger partial charge in [0.15, 0.2) is 5.75 Å². The number of rotatable bonds is 9. The van der Waals surface area contributed by atoms with Crippen molar-refractivity contribution in [2.24, 2.45) is 0 Å². The summed E-state index contributed by atoms with van der Waals surface area (Å²) in [6.07, 6.45) is -0.480. The monoisotopic (exact) mass is 268 g/mol. The van der Waals surface area contributed by atoms with E-state index in [-0.39, 0.29) is 13.2 Å². The zero-order valence-corrected chi connectivity index (χ0v) is 10.9. The van der Waals surface area contributed by atoms with Crippen molar-refractivity contribution >= 4 is 16.0 Å². The highest BCUT2D eigenvalue weighted by molar-refractivity contribution is 7.90. The molecule has 0 aromatic rings. The highest BCUT2D eigenvalue weighted by Crippen LogP contribution is 1.87. The number of ether oxygens (including phenoxy) is 1. The van der Waals surface area contributed by atoms with Crippen LogP contribution in [0.3, 0.4) is 0 Å². The minimum Gasteiger partial charge on any atom is -0.465 e. The van der Waals surface area contributed by atoms with E-state index in [4.69, 9.17) is 5.11 Å². The van der Waals surface area contributed by atoms with Crippen molar-refractivity contribution in [3.63, 3.8) is 0 Å². The Morgan fingerprint density at radius 2 is 2.06 bits per heavy atom. The van der Waals surface area contributed by atoms with Gasteiger partial charge in [-0.15, -0.1) is 0 Å². The molecular formula is C9H20N2O5S. The van der Waals surface area contributed by atoms with Gasteiger partial charge >= 0.3 is 5.97 Å². The maximum absolute atomic E-state index is 11.3. The number of nitrogens with one attached hydrogen (secondary N) is 2. The third-order valence-corrected chi connectivity index (χ3v) is 2.94. The molecule has 3 N–H and O–H groups in total. The molecule has 0 bridgehead atoms. The number of esters is 1. The standard InChI is InChI=1S/C9H20N2O5S/c1-3-16-9(13)7-17(14,15)11-5-4-10-6-8(2)12/h8,10-12H,3-7H2,1-2H3. The predicted octanol–water partition coefficient (Wildman–Crippen LogP) is -1.56. The van der Waals surface area contributed by atoms with Crippen LogP contribution >= 0.6 is 0 Å². The molecule has 0 aromatic heterocycles. The van der Waals surface area contributed by atoms with Gasteiger partial charge < -0.3 is 15.2 Å². The fourth-order valence-electron chi connectivity index (χ4n) is 1.01. The van der Waals surface area contributed by atoms with Crippen molar-refractivity contribution in [3.05, 3.63) is 0 Å². The minimum absolute atomic E-state index is 0.157. The Morgan fingerprint density at radius 3 is 2.59 bits per heavy atom. The van der Waals surface area contributed by atoms with Crippen LogP contribution in [0.25, 0.3) is 0 Å². The van der Waals surface area contributed by atoms with Crippen LogP contribution in [0.4, 0.5) is 0 Å². The first-order valence-corrected chi connectivity index (χ1v) is 7.04. The first kappa shape index (κ1) is 16.3. The van der Waals surface area contributed by atoms with E-state index < -0.39 is 27.8 Å². The smallest absolute Gasteiger partial charge is 0.322 e. The van der Waals surface area contributed by atoms with Gasteiger partial charge in [-0.25, -0.2) is 13.1 Å². The molecule has 102 valence electrons. The van der Waals surface area contributed by atoms with Gasteiger partial charge in [0, 0.05) is 19.6 Å². The van der Waals surface area contributed by atoms with Crippen molar-refractivity contribution in [1.29, 1.82) is 0 Å². The van der Waals surface area contributed by atoms with E-state index in [9.17, 15) is 13.2 Å². The molecule has 0 heterocycles. The lowest BCUT2D eigenvalue weighted by atomic mass is 10.4. The number of hydrogen-bond acceptors (Lipinski definition) is 6. The molecule has 8 heteroatoms. The molecule has 0 saturated carbocycles. The molecule has 0 saturated heterocycles. The van der Waals surface area contributed by atoms with Crippen LogP contribution in [0.2, 0.25) is 0 Å². The number of aliphatic hydroxyl groups excluding tert-OH is 1. The van der Waals surface area contributed by atoms with E-state index >= 15 is 0 Å². The highest BCUT2D eigenvalue weighted by Gasteiger charge is 2.16. The Kier molecular flexibility index (Phi) is 8.05. The molecule has 0 rings (SSSR count). The van der Waals surface area contributed by atoms with Crippen LogP contribution < -0.4 is 10.0 Å². The Bertz CT molecular complexity index is 315. The van der Waals surface area contributed by atoms with Gasteiger partial charge in [-0.2, -0.15) is 0 Å². The third-order valence-electron chi connectivity index (χ3n) is 1.68. The molecule has 7 nitrogen and oxygen atoms in total. The first-order chi connectivity index (χ1) is 7.87. The van der Waals surface area contributed by atoms with Crippen LogP contribution in [-0.2, 0) is 19.6 Å². The van der Waals surface area contributed by atoms with E-state index in [1.54, 1.807) is 13.8 Å². The molecular weight excluding hydrogens is 248 g/mol. The first-order valence-electron chi connectivity index (χ1n) is 5.39. The normalized spacial score (nSPS) is 13.4. The molecule has 0 radical (unpaired) electrons. The molecule has 0 spiro atoms. The Morgan fingerprint density at radius 1 is 1.41 bits per heavy atom. The summed E-state index contributed by atoms with van der Waals surface area (Å²) in [5.41, 5.74) is 0. The quantitative estimate of drug-likeness (QED) is 0.345. The fourth-order valence-corrected chi connectivity index (χ4v) is 1.92. The predicted molar refractivity (Wildman–Crippen MR) is 63.0 cm³/mol. The summed E-state index contributed by atoms with van der Waals surface area (Å²) in [7, 11) is -3.63. The molecule has 1 unspecified atom stereocenters. The van der Waals surface area contributed by atoms with Crippen molar-refractivity contribution in [2.45, 2.75) is 20.0 Å². The second kappa shape index (κ2) is 8.40. The summed E-state index contributed by atoms with van der Waals surface area (Å²) in [6, 6.07) is 0. The van der Waals surface area contributed by atoms with Gasteiger partial charge in [0.1, 0.15) is 0 Å². The maximum Gasteiger partial charge on any atom is 0.322 e. The molecule has 0 aliphatic carbocycles. The van der Waals surface area contributed by atoms with Gasteiger partial charge in [0.2, 0.25) is 10.0 Å². The largest absolute Gasteiger partial charge is 0.465 e. The lowest BCUT2D eigenvalue weighted by Crippen LogP contribution is -2.37. The van der Waals surface area contributed by atoms with Gasteiger partial charge in [-0.05, 0) is 13.8 Å². The summed E-state index contributed by atoms with van der Waals surface area (Å²) in [5.74, 6) is -1.44. The van der Waals surface area contributed by atoms with Gasteiger partial charge in [-0.1, -0.05) is 0 Å². The molecule has 0 aromatic carbocycles. The second-order valence-corrected chi connectivity index (χ2v) is 5.32. The minimum atomic E-state index is -3.63. The van der Waals surface area contributed by atoms with E-state index in [0.29, 0.717) is 13.1 Å². The molecule has 17 heavy (non-hydrogen) atoms. The zero-order chi connectivity index (χ0) is 13.3. The van der Waals surface area contributed by atoms with Crippen LogP contribution in [0.1, 0.15) is 13.8 Å². The summed E-state index contributed by atoms with van der Waals surface area (Å²) in [5, 5.41) is 11.8. The SMILES string of the molecule is CCOC(=O)CS(=O)(=O)NCCNCC(C)O. The average molecular weight is 268 g/mol. The summed E-state index contributed by atoms with van der Waals surface area (Å²) in [4.78, 5) is 10.9. The molecule has 0 aliphatic heterocycles. The Labute approximate surface area is 102 Å². The third kappa shape index (κ3) is 10.2. The van der Waals surface area contributed by atoms with Crippen LogP contribution in [0, 0.1) is 0 Å². The number of carbonyl (C=O) groups excluding carboxylic acids is 1.